The van der Waals surface area contributed by atoms with Gasteiger partial charge in [-0.2, -0.15) is 0 Å². The van der Waals surface area contributed by atoms with E-state index in [0.29, 0.717) is 19.6 Å². The maximum Gasteiger partial charge on any atom is 0.334 e. The van der Waals surface area contributed by atoms with E-state index in [1.165, 1.54) is 0 Å². The minimum Gasteiger partial charge on any atom is -0.460 e. The van der Waals surface area contributed by atoms with E-state index in [-0.39, 0.29) is 12.1 Å². The Labute approximate surface area is 90.8 Å². The molecule has 0 unspecified atom stereocenters. The average Bonchev–Trinajstić information content (AvgIpc) is 2.62. The fraction of sp³-hybridized carbons (Fsp3) is 0.583. The zero-order chi connectivity index (χ0) is 11.3. The molecule has 15 heavy (non-hydrogen) atoms. The lowest BCUT2D eigenvalue weighted by atomic mass is 10.1. The van der Waals surface area contributed by atoms with Crippen LogP contribution in [-0.2, 0) is 14.3 Å². The molecule has 1 aliphatic rings. The maximum absolute atomic E-state index is 11.5. The van der Waals surface area contributed by atoms with E-state index in [1.807, 2.05) is 32.9 Å². The summed E-state index contributed by atoms with van der Waals surface area (Å²) in [5.74, 6) is -0.215. The molecule has 0 radical (unpaired) electrons. The first-order valence-electron chi connectivity index (χ1n) is 5.30. The molecule has 0 fully saturated rings. The molecular weight excluding hydrogens is 192 g/mol. The van der Waals surface area contributed by atoms with Gasteiger partial charge in [-0.3, -0.25) is 0 Å². The van der Waals surface area contributed by atoms with Crippen LogP contribution in [0, 0.1) is 0 Å². The van der Waals surface area contributed by atoms with Crippen molar-refractivity contribution < 1.29 is 14.3 Å². The number of ether oxygens (including phenoxy) is 2. The highest BCUT2D eigenvalue weighted by atomic mass is 16.5. The zero-order valence-corrected chi connectivity index (χ0v) is 9.58. The molecule has 0 spiro atoms. The molecule has 0 saturated carbocycles. The SMILES string of the molecule is CCOCC1=CC=C(C(=O)OC(C)C)C1. The second-order valence-corrected chi connectivity index (χ2v) is 3.78. The summed E-state index contributed by atoms with van der Waals surface area (Å²) in [5, 5.41) is 0. The Morgan fingerprint density at radius 1 is 1.47 bits per heavy atom. The van der Waals surface area contributed by atoms with E-state index < -0.39 is 0 Å². The zero-order valence-electron chi connectivity index (χ0n) is 9.58. The van der Waals surface area contributed by atoms with E-state index in [4.69, 9.17) is 9.47 Å². The highest BCUT2D eigenvalue weighted by Crippen LogP contribution is 2.20. The first kappa shape index (κ1) is 12.0. The lowest BCUT2D eigenvalue weighted by molar-refractivity contribution is -0.142. The van der Waals surface area contributed by atoms with Crippen molar-refractivity contribution in [2.75, 3.05) is 13.2 Å². The van der Waals surface area contributed by atoms with Gasteiger partial charge in [0.2, 0.25) is 0 Å². The van der Waals surface area contributed by atoms with Gasteiger partial charge in [-0.25, -0.2) is 4.79 Å². The van der Waals surface area contributed by atoms with Gasteiger partial charge in [-0.05, 0) is 26.3 Å². The number of hydrogen-bond acceptors (Lipinski definition) is 3. The van der Waals surface area contributed by atoms with E-state index in [0.717, 1.165) is 11.1 Å². The summed E-state index contributed by atoms with van der Waals surface area (Å²) in [6.07, 6.45) is 4.35. The lowest BCUT2D eigenvalue weighted by Gasteiger charge is -2.09. The second kappa shape index (κ2) is 5.71. The number of carbonyl (C=O) groups is 1. The van der Waals surface area contributed by atoms with Crippen molar-refractivity contribution in [1.82, 2.24) is 0 Å². The van der Waals surface area contributed by atoms with Crippen LogP contribution in [0.2, 0.25) is 0 Å². The maximum atomic E-state index is 11.5. The fourth-order valence-corrected chi connectivity index (χ4v) is 1.34. The predicted octanol–water partition coefficient (Wildman–Crippen LogP) is 2.23. The number of hydrogen-bond donors (Lipinski definition) is 0. The molecule has 0 aromatic carbocycles. The van der Waals surface area contributed by atoms with E-state index in [2.05, 4.69) is 0 Å². The van der Waals surface area contributed by atoms with Crippen molar-refractivity contribution in [2.45, 2.75) is 33.3 Å². The molecule has 3 nitrogen and oxygen atoms in total. The predicted molar refractivity (Wildman–Crippen MR) is 58.5 cm³/mol. The quantitative estimate of drug-likeness (QED) is 0.653. The van der Waals surface area contributed by atoms with Crippen LogP contribution in [0.4, 0.5) is 0 Å². The van der Waals surface area contributed by atoms with Crippen LogP contribution in [0.5, 0.6) is 0 Å². The lowest BCUT2D eigenvalue weighted by Crippen LogP contribution is -2.13. The van der Waals surface area contributed by atoms with Crippen LogP contribution in [-0.4, -0.2) is 25.3 Å². The molecule has 0 saturated heterocycles. The molecule has 1 rings (SSSR count). The van der Waals surface area contributed by atoms with Crippen molar-refractivity contribution in [1.29, 1.82) is 0 Å². The summed E-state index contributed by atoms with van der Waals surface area (Å²) in [7, 11) is 0. The van der Waals surface area contributed by atoms with Gasteiger partial charge in [0.15, 0.2) is 0 Å². The van der Waals surface area contributed by atoms with Gasteiger partial charge in [0.05, 0.1) is 12.7 Å². The second-order valence-electron chi connectivity index (χ2n) is 3.78. The highest BCUT2D eigenvalue weighted by molar-refractivity contribution is 5.90. The largest absolute Gasteiger partial charge is 0.460 e. The van der Waals surface area contributed by atoms with Gasteiger partial charge in [0, 0.05) is 18.6 Å². The summed E-state index contributed by atoms with van der Waals surface area (Å²) in [6, 6.07) is 0. The van der Waals surface area contributed by atoms with Crippen molar-refractivity contribution in [3.63, 3.8) is 0 Å². The van der Waals surface area contributed by atoms with Gasteiger partial charge in [-0.1, -0.05) is 12.2 Å². The molecule has 0 aromatic heterocycles. The van der Waals surface area contributed by atoms with Crippen molar-refractivity contribution in [3.05, 3.63) is 23.3 Å². The molecule has 1 aliphatic carbocycles. The van der Waals surface area contributed by atoms with E-state index in [1.54, 1.807) is 0 Å². The van der Waals surface area contributed by atoms with Crippen LogP contribution in [0.3, 0.4) is 0 Å². The van der Waals surface area contributed by atoms with Gasteiger partial charge in [0.1, 0.15) is 0 Å². The summed E-state index contributed by atoms with van der Waals surface area (Å²) in [4.78, 5) is 11.5. The van der Waals surface area contributed by atoms with Gasteiger partial charge in [-0.15, -0.1) is 0 Å². The molecule has 84 valence electrons. The molecular formula is C12H18O3. The standard InChI is InChI=1S/C12H18O3/c1-4-14-8-10-5-6-11(7-10)12(13)15-9(2)3/h5-6,9H,4,7-8H2,1-3H3. The van der Waals surface area contributed by atoms with Crippen LogP contribution >= 0.6 is 0 Å². The molecule has 3 heteroatoms. The number of esters is 1. The summed E-state index contributed by atoms with van der Waals surface area (Å²) >= 11 is 0. The van der Waals surface area contributed by atoms with Crippen LogP contribution in [0.1, 0.15) is 27.2 Å². The molecule has 0 N–H and O–H groups in total. The van der Waals surface area contributed by atoms with Crippen molar-refractivity contribution in [2.24, 2.45) is 0 Å². The van der Waals surface area contributed by atoms with Crippen molar-refractivity contribution >= 4 is 5.97 Å². The first-order valence-corrected chi connectivity index (χ1v) is 5.30. The van der Waals surface area contributed by atoms with Gasteiger partial charge < -0.3 is 9.47 Å². The molecule has 0 atom stereocenters. The molecule has 0 amide bonds. The van der Waals surface area contributed by atoms with Gasteiger partial charge in [0.25, 0.3) is 0 Å². The average molecular weight is 210 g/mol. The summed E-state index contributed by atoms with van der Waals surface area (Å²) in [5.41, 5.74) is 1.85. The first-order chi connectivity index (χ1) is 7.13. The smallest absolute Gasteiger partial charge is 0.334 e. The van der Waals surface area contributed by atoms with Crippen LogP contribution in [0.15, 0.2) is 23.3 Å². The van der Waals surface area contributed by atoms with Gasteiger partial charge >= 0.3 is 5.97 Å². The molecule has 0 bridgehead atoms. The Balaban J connectivity index is 2.35. The minimum absolute atomic E-state index is 0.0608. The third-order valence-corrected chi connectivity index (χ3v) is 2.03. The number of rotatable bonds is 5. The minimum atomic E-state index is -0.215. The third-order valence-electron chi connectivity index (χ3n) is 2.03. The molecule has 0 aromatic rings. The number of carbonyl (C=O) groups excluding carboxylic acids is 1. The molecule has 0 aliphatic heterocycles. The fourth-order valence-electron chi connectivity index (χ4n) is 1.34. The molecule has 0 heterocycles. The number of allylic oxidation sites excluding steroid dienone is 2. The highest BCUT2D eigenvalue weighted by Gasteiger charge is 2.17. The topological polar surface area (TPSA) is 35.5 Å². The van der Waals surface area contributed by atoms with Crippen LogP contribution in [0.25, 0.3) is 0 Å². The Bertz CT molecular complexity index is 287. The van der Waals surface area contributed by atoms with E-state index in [9.17, 15) is 4.79 Å². The third kappa shape index (κ3) is 3.88. The van der Waals surface area contributed by atoms with Crippen LogP contribution < -0.4 is 0 Å². The summed E-state index contributed by atoms with van der Waals surface area (Å²) in [6.45, 7) is 6.95. The normalized spacial score (nSPS) is 15.2. The summed E-state index contributed by atoms with van der Waals surface area (Å²) < 4.78 is 10.4. The Kier molecular flexibility index (Phi) is 4.56. The Morgan fingerprint density at radius 2 is 2.20 bits per heavy atom. The Morgan fingerprint density at radius 3 is 2.80 bits per heavy atom. The Hall–Kier alpha value is -1.09. The monoisotopic (exact) mass is 210 g/mol. The van der Waals surface area contributed by atoms with E-state index >= 15 is 0 Å². The van der Waals surface area contributed by atoms with Crippen molar-refractivity contribution in [3.8, 4) is 0 Å².